The predicted octanol–water partition coefficient (Wildman–Crippen LogP) is -5.91. The van der Waals surface area contributed by atoms with E-state index in [1.807, 2.05) is 0 Å². The van der Waals surface area contributed by atoms with Crippen LogP contribution >= 0.6 is 0 Å². The molecule has 5 nitrogen and oxygen atoms in total. The van der Waals surface area contributed by atoms with E-state index < -0.39 is 9.05 Å². The Balaban J connectivity index is -0.0000000133. The van der Waals surface area contributed by atoms with E-state index in [-0.39, 0.29) is 121 Å². The summed E-state index contributed by atoms with van der Waals surface area (Å²) in [5.74, 6) is 0. The maximum absolute atomic E-state index is 7.33. The zero-order valence-corrected chi connectivity index (χ0v) is 3.79. The molecule has 0 aliphatic rings. The van der Waals surface area contributed by atoms with Gasteiger partial charge in [-0.2, -0.15) is 0 Å². The third-order valence-corrected chi connectivity index (χ3v) is 0. The van der Waals surface area contributed by atoms with E-state index in [2.05, 4.69) is 0 Å². The van der Waals surface area contributed by atoms with Crippen molar-refractivity contribution < 1.29 is 24.7 Å². The molecule has 50 valence electrons. The van der Waals surface area contributed by atoms with Gasteiger partial charge in [0, 0.05) is 0 Å². The van der Waals surface area contributed by atoms with Gasteiger partial charge in [-0.05, 0) is 0 Å². The topological polar surface area (TPSA) is 112 Å². The van der Waals surface area contributed by atoms with Gasteiger partial charge in [-0.1, -0.05) is 0 Å². The molecule has 0 atom stereocenters. The van der Waals surface area contributed by atoms with Crippen molar-refractivity contribution in [2.45, 2.75) is 0 Å². The SMILES string of the molecule is O.O[Si](O)(O)O.[AlH3].[CsH].[NaH]. The third kappa shape index (κ3) is 82.5. The third-order valence-electron chi connectivity index (χ3n) is 0. The molecule has 0 fully saturated rings. The van der Waals surface area contributed by atoms with Crippen molar-refractivity contribution in [1.29, 1.82) is 0 Å². The fourth-order valence-corrected chi connectivity index (χ4v) is 0. The van der Waals surface area contributed by atoms with Gasteiger partial charge in [-0.15, -0.1) is 0 Å². The minimum absolute atomic E-state index is 0. The van der Waals surface area contributed by atoms with Gasteiger partial charge in [0.05, 0.1) is 0 Å². The first-order valence-corrected chi connectivity index (χ1v) is 2.68. The van der Waals surface area contributed by atoms with Crippen molar-refractivity contribution in [3.8, 4) is 0 Å². The molecule has 0 bridgehead atoms. The van der Waals surface area contributed by atoms with Crippen LogP contribution in [0.4, 0.5) is 0 Å². The number of rotatable bonds is 0. The van der Waals surface area contributed by atoms with E-state index in [1.54, 1.807) is 0 Å². The van der Waals surface area contributed by atoms with Gasteiger partial charge in [0.2, 0.25) is 0 Å². The molecule has 0 aromatic rings. The molecular weight excluding hydrogens is 291 g/mol. The van der Waals surface area contributed by atoms with E-state index in [9.17, 15) is 0 Å². The van der Waals surface area contributed by atoms with Gasteiger partial charge in [-0.3, -0.25) is 0 Å². The van der Waals surface area contributed by atoms with Gasteiger partial charge in [0.1, 0.15) is 0 Å². The number of hydrogen-bond acceptors (Lipinski definition) is 4. The Bertz CT molecular complexity index is 32.4. The van der Waals surface area contributed by atoms with Crippen LogP contribution in [-0.2, 0) is 0 Å². The van der Waals surface area contributed by atoms with Crippen molar-refractivity contribution >= 4 is 125 Å². The van der Waals surface area contributed by atoms with Crippen LogP contribution in [0.2, 0.25) is 0 Å². The van der Waals surface area contributed by atoms with Gasteiger partial charge < -0.3 is 24.7 Å². The molecule has 9 heteroatoms. The standard InChI is InChI=1S/Al.Cs.Na.H4O4Si.H2O.5H/c;;;1-5(2,3)4;;;;;;/h;;;1-4H;1H2;;;;;. The Morgan fingerprint density at radius 3 is 0.889 bits per heavy atom. The molecule has 0 radical (unpaired) electrons. The van der Waals surface area contributed by atoms with Crippen molar-refractivity contribution in [3.05, 3.63) is 0 Å². The van der Waals surface area contributed by atoms with Crippen molar-refractivity contribution in [1.82, 2.24) is 0 Å². The molecule has 0 aliphatic carbocycles. The Kier molecular flexibility index (Phi) is 46.1. The average molecular weight is 302 g/mol. The Morgan fingerprint density at radius 1 is 0.889 bits per heavy atom. The summed E-state index contributed by atoms with van der Waals surface area (Å²) in [5.41, 5.74) is 0. The summed E-state index contributed by atoms with van der Waals surface area (Å²) in [6.07, 6.45) is 0. The quantitative estimate of drug-likeness (QED) is 0.334. The second kappa shape index (κ2) is 14.1. The monoisotopic (exact) mass is 302 g/mol. The van der Waals surface area contributed by atoms with E-state index >= 15 is 0 Å². The summed E-state index contributed by atoms with van der Waals surface area (Å²) in [6, 6.07) is 0. The molecule has 6 N–H and O–H groups in total. The first-order chi connectivity index (χ1) is 2.00. The zero-order chi connectivity index (χ0) is 4.50. The van der Waals surface area contributed by atoms with E-state index in [0.29, 0.717) is 0 Å². The summed E-state index contributed by atoms with van der Waals surface area (Å²) in [7, 11) is -4.61. The van der Waals surface area contributed by atoms with Crippen molar-refractivity contribution in [3.63, 3.8) is 0 Å². The molecule has 0 heterocycles. The van der Waals surface area contributed by atoms with E-state index in [1.165, 1.54) is 0 Å². The number of hydrogen-bond donors (Lipinski definition) is 4. The van der Waals surface area contributed by atoms with Crippen LogP contribution in [0, 0.1) is 0 Å². The van der Waals surface area contributed by atoms with Crippen LogP contribution in [0.25, 0.3) is 0 Å². The van der Waals surface area contributed by atoms with Crippen LogP contribution in [0.15, 0.2) is 0 Å². The first-order valence-electron chi connectivity index (χ1n) is 0.894. The van der Waals surface area contributed by atoms with E-state index in [0.717, 1.165) is 0 Å². The summed E-state index contributed by atoms with van der Waals surface area (Å²) in [5, 5.41) is 0. The fourth-order valence-electron chi connectivity index (χ4n) is 0. The molecule has 0 spiro atoms. The van der Waals surface area contributed by atoms with Gasteiger partial charge in [-0.25, -0.2) is 0 Å². The summed E-state index contributed by atoms with van der Waals surface area (Å²) in [6.45, 7) is 0. The molecule has 0 amide bonds. The van der Waals surface area contributed by atoms with Crippen molar-refractivity contribution in [2.75, 3.05) is 0 Å². The van der Waals surface area contributed by atoms with Crippen LogP contribution in [0.5, 0.6) is 0 Å². The molecule has 0 saturated heterocycles. The second-order valence-corrected chi connectivity index (χ2v) is 1.80. The molecule has 0 aromatic carbocycles. The molecule has 9 heavy (non-hydrogen) atoms. The zero-order valence-electron chi connectivity index (χ0n) is 2.79. The van der Waals surface area contributed by atoms with Gasteiger partial charge in [0.25, 0.3) is 0 Å². The molecule has 0 rings (SSSR count). The van der Waals surface area contributed by atoms with Crippen LogP contribution in [0.1, 0.15) is 0 Å². The van der Waals surface area contributed by atoms with E-state index in [4.69, 9.17) is 19.2 Å². The molecule has 0 unspecified atom stereocenters. The fraction of sp³-hybridized carbons (Fsp3) is 0. The first kappa shape index (κ1) is 29.4. The minimum atomic E-state index is -4.61. The van der Waals surface area contributed by atoms with Crippen LogP contribution in [0.3, 0.4) is 0 Å². The Labute approximate surface area is 145 Å². The van der Waals surface area contributed by atoms with Gasteiger partial charge >= 0.3 is 107 Å². The molecule has 0 saturated carbocycles. The van der Waals surface area contributed by atoms with Crippen LogP contribution in [-0.4, -0.2) is 150 Å². The Hall–Kier alpha value is 3.60. The summed E-state index contributed by atoms with van der Waals surface area (Å²) >= 11 is 0. The average Bonchev–Trinajstić information content (AvgIpc) is 0.722. The maximum atomic E-state index is 7.33. The Morgan fingerprint density at radius 2 is 0.889 bits per heavy atom. The predicted molar refractivity (Wildman–Crippen MR) is 42.5 cm³/mol. The molecular formula is H11AlCsNaO5Si. The van der Waals surface area contributed by atoms with Crippen molar-refractivity contribution in [2.24, 2.45) is 0 Å². The molecule has 0 aliphatic heterocycles. The van der Waals surface area contributed by atoms with Crippen LogP contribution < -0.4 is 0 Å². The summed E-state index contributed by atoms with van der Waals surface area (Å²) < 4.78 is 0. The molecule has 0 aromatic heterocycles. The van der Waals surface area contributed by atoms with Gasteiger partial charge in [0.15, 0.2) is 17.4 Å². The summed E-state index contributed by atoms with van der Waals surface area (Å²) in [4.78, 5) is 29.3. The second-order valence-electron chi connectivity index (χ2n) is 0.600. The normalized spacial score (nSPS) is 6.67.